The number of hydrogen-bond acceptors (Lipinski definition) is 4. The van der Waals surface area contributed by atoms with Crippen LogP contribution in [0, 0.1) is 0 Å². The smallest absolute Gasteiger partial charge is 0.271 e. The van der Waals surface area contributed by atoms with Gasteiger partial charge in [-0.1, -0.05) is 25.4 Å². The maximum atomic E-state index is 12.2. The van der Waals surface area contributed by atoms with E-state index < -0.39 is 0 Å². The summed E-state index contributed by atoms with van der Waals surface area (Å²) in [6, 6.07) is 0.222. The molecule has 1 atom stereocenters. The topological polar surface area (TPSA) is 54.9 Å². The molecule has 1 aliphatic heterocycles. The first kappa shape index (κ1) is 14.6. The number of nitrogens with one attached hydrogen (secondary N) is 1. The van der Waals surface area contributed by atoms with Crippen LogP contribution in [-0.4, -0.2) is 33.4 Å². The van der Waals surface area contributed by atoms with E-state index in [2.05, 4.69) is 15.3 Å². The van der Waals surface area contributed by atoms with Crippen molar-refractivity contribution >= 4 is 29.3 Å². The SMILES string of the molecule is CC(C)c1ncc(Cl)c(C(=O)NC2CCCSC2)n1. The first-order chi connectivity index (χ1) is 9.08. The first-order valence-corrected chi connectivity index (χ1v) is 8.02. The zero-order chi connectivity index (χ0) is 13.8. The number of halogens is 1. The molecule has 0 aliphatic carbocycles. The molecule has 0 spiro atoms. The number of amides is 1. The van der Waals surface area contributed by atoms with Crippen molar-refractivity contribution in [2.24, 2.45) is 0 Å². The summed E-state index contributed by atoms with van der Waals surface area (Å²) in [5.74, 6) is 2.77. The molecular weight excluding hydrogens is 282 g/mol. The van der Waals surface area contributed by atoms with Crippen molar-refractivity contribution in [2.45, 2.75) is 38.6 Å². The van der Waals surface area contributed by atoms with Crippen LogP contribution < -0.4 is 5.32 Å². The zero-order valence-electron chi connectivity index (χ0n) is 11.1. The summed E-state index contributed by atoms with van der Waals surface area (Å²) < 4.78 is 0. The van der Waals surface area contributed by atoms with Gasteiger partial charge in [-0.3, -0.25) is 4.79 Å². The Kier molecular flexibility index (Phi) is 5.05. The lowest BCUT2D eigenvalue weighted by molar-refractivity contribution is 0.0933. The number of aromatic nitrogens is 2. The van der Waals surface area contributed by atoms with Crippen molar-refractivity contribution in [1.82, 2.24) is 15.3 Å². The third kappa shape index (κ3) is 3.83. The maximum Gasteiger partial charge on any atom is 0.271 e. The average Bonchev–Trinajstić information content (AvgIpc) is 2.40. The normalized spacial score (nSPS) is 19.5. The van der Waals surface area contributed by atoms with Crippen molar-refractivity contribution < 1.29 is 4.79 Å². The van der Waals surface area contributed by atoms with E-state index in [-0.39, 0.29) is 23.6 Å². The number of rotatable bonds is 3. The van der Waals surface area contributed by atoms with E-state index in [1.54, 1.807) is 0 Å². The van der Waals surface area contributed by atoms with Crippen LogP contribution in [0.25, 0.3) is 0 Å². The molecule has 1 unspecified atom stereocenters. The van der Waals surface area contributed by atoms with Crippen LogP contribution in [0.3, 0.4) is 0 Å². The van der Waals surface area contributed by atoms with Crippen molar-refractivity contribution in [1.29, 1.82) is 0 Å². The third-order valence-electron chi connectivity index (χ3n) is 2.99. The molecule has 6 heteroatoms. The lowest BCUT2D eigenvalue weighted by Gasteiger charge is -2.22. The Morgan fingerprint density at radius 2 is 2.37 bits per heavy atom. The lowest BCUT2D eigenvalue weighted by atomic mass is 10.1. The quantitative estimate of drug-likeness (QED) is 0.932. The molecular formula is C13H18ClN3OS. The predicted octanol–water partition coefficient (Wildman–Crippen LogP) is 2.88. The van der Waals surface area contributed by atoms with E-state index in [1.807, 2.05) is 25.6 Å². The Balaban J connectivity index is 2.11. The van der Waals surface area contributed by atoms with Crippen LogP contribution in [0.4, 0.5) is 0 Å². The summed E-state index contributed by atoms with van der Waals surface area (Å²) in [5, 5.41) is 3.32. The molecule has 0 aromatic carbocycles. The molecule has 4 nitrogen and oxygen atoms in total. The summed E-state index contributed by atoms with van der Waals surface area (Å²) in [6.07, 6.45) is 3.68. The second kappa shape index (κ2) is 6.57. The molecule has 1 N–H and O–H groups in total. The summed E-state index contributed by atoms with van der Waals surface area (Å²) in [7, 11) is 0. The Bertz CT molecular complexity index is 461. The fourth-order valence-corrected chi connectivity index (χ4v) is 3.18. The zero-order valence-corrected chi connectivity index (χ0v) is 12.7. The molecule has 19 heavy (non-hydrogen) atoms. The minimum absolute atomic E-state index is 0.175. The van der Waals surface area contributed by atoms with Crippen LogP contribution in [0.15, 0.2) is 6.20 Å². The number of carbonyl (C=O) groups excluding carboxylic acids is 1. The molecule has 1 amide bonds. The Morgan fingerprint density at radius 1 is 1.58 bits per heavy atom. The van der Waals surface area contributed by atoms with Gasteiger partial charge in [0, 0.05) is 17.7 Å². The summed E-state index contributed by atoms with van der Waals surface area (Å²) in [4.78, 5) is 20.6. The van der Waals surface area contributed by atoms with Gasteiger partial charge in [-0.2, -0.15) is 11.8 Å². The second-order valence-electron chi connectivity index (χ2n) is 4.97. The van der Waals surface area contributed by atoms with Gasteiger partial charge in [0.1, 0.15) is 11.5 Å². The third-order valence-corrected chi connectivity index (χ3v) is 4.48. The highest BCUT2D eigenvalue weighted by molar-refractivity contribution is 7.99. The van der Waals surface area contributed by atoms with Gasteiger partial charge in [-0.25, -0.2) is 9.97 Å². The maximum absolute atomic E-state index is 12.2. The lowest BCUT2D eigenvalue weighted by Crippen LogP contribution is -2.39. The fraction of sp³-hybridized carbons (Fsp3) is 0.615. The molecule has 0 saturated carbocycles. The van der Waals surface area contributed by atoms with E-state index in [0.29, 0.717) is 10.8 Å². The molecule has 1 fully saturated rings. The molecule has 1 aromatic rings. The van der Waals surface area contributed by atoms with Crippen LogP contribution in [-0.2, 0) is 0 Å². The van der Waals surface area contributed by atoms with Gasteiger partial charge < -0.3 is 5.32 Å². The van der Waals surface area contributed by atoms with Crippen molar-refractivity contribution in [3.05, 3.63) is 22.7 Å². The van der Waals surface area contributed by atoms with E-state index in [9.17, 15) is 4.79 Å². The van der Waals surface area contributed by atoms with E-state index in [4.69, 9.17) is 11.6 Å². The van der Waals surface area contributed by atoms with Gasteiger partial charge in [0.2, 0.25) is 0 Å². The van der Waals surface area contributed by atoms with Crippen molar-refractivity contribution in [3.63, 3.8) is 0 Å². The number of carbonyl (C=O) groups is 1. The molecule has 1 aliphatic rings. The first-order valence-electron chi connectivity index (χ1n) is 6.49. The molecule has 0 bridgehead atoms. The van der Waals surface area contributed by atoms with Crippen molar-refractivity contribution in [3.8, 4) is 0 Å². The fourth-order valence-electron chi connectivity index (χ4n) is 1.93. The summed E-state index contributed by atoms with van der Waals surface area (Å²) in [5.41, 5.74) is 0.288. The molecule has 2 heterocycles. The Labute approximate surface area is 122 Å². The van der Waals surface area contributed by atoms with Crippen LogP contribution in [0.2, 0.25) is 5.02 Å². The average molecular weight is 300 g/mol. The number of nitrogens with zero attached hydrogens (tertiary/aromatic N) is 2. The van der Waals surface area contributed by atoms with Gasteiger partial charge in [0.15, 0.2) is 0 Å². The van der Waals surface area contributed by atoms with E-state index in [0.717, 1.165) is 18.6 Å². The standard InChI is InChI=1S/C13H18ClN3OS/c1-8(2)12-15-6-10(14)11(17-12)13(18)16-9-4-3-5-19-7-9/h6,8-9H,3-5,7H2,1-2H3,(H,16,18). The van der Waals surface area contributed by atoms with Crippen LogP contribution in [0.5, 0.6) is 0 Å². The summed E-state index contributed by atoms with van der Waals surface area (Å²) >= 11 is 7.89. The Hall–Kier alpha value is -0.810. The van der Waals surface area contributed by atoms with Crippen LogP contribution >= 0.6 is 23.4 Å². The highest BCUT2D eigenvalue weighted by Crippen LogP contribution is 2.19. The van der Waals surface area contributed by atoms with E-state index in [1.165, 1.54) is 11.9 Å². The second-order valence-corrected chi connectivity index (χ2v) is 6.52. The monoisotopic (exact) mass is 299 g/mol. The highest BCUT2D eigenvalue weighted by atomic mass is 35.5. The molecule has 0 radical (unpaired) electrons. The molecule has 1 saturated heterocycles. The molecule has 104 valence electrons. The molecule has 1 aromatic heterocycles. The Morgan fingerprint density at radius 3 is 3.00 bits per heavy atom. The van der Waals surface area contributed by atoms with Gasteiger partial charge in [-0.05, 0) is 18.6 Å². The van der Waals surface area contributed by atoms with Gasteiger partial charge in [0.05, 0.1) is 11.2 Å². The van der Waals surface area contributed by atoms with Crippen molar-refractivity contribution in [2.75, 3.05) is 11.5 Å². The highest BCUT2D eigenvalue weighted by Gasteiger charge is 2.20. The molecule has 2 rings (SSSR count). The minimum Gasteiger partial charge on any atom is -0.347 e. The minimum atomic E-state index is -0.193. The number of thioether (sulfide) groups is 1. The van der Waals surface area contributed by atoms with Gasteiger partial charge >= 0.3 is 0 Å². The van der Waals surface area contributed by atoms with Crippen LogP contribution in [0.1, 0.15) is 48.9 Å². The van der Waals surface area contributed by atoms with Gasteiger partial charge in [0.25, 0.3) is 5.91 Å². The predicted molar refractivity (Wildman–Crippen MR) is 78.9 cm³/mol. The van der Waals surface area contributed by atoms with E-state index >= 15 is 0 Å². The number of hydrogen-bond donors (Lipinski definition) is 1. The summed E-state index contributed by atoms with van der Waals surface area (Å²) in [6.45, 7) is 3.98. The largest absolute Gasteiger partial charge is 0.347 e. The van der Waals surface area contributed by atoms with Gasteiger partial charge in [-0.15, -0.1) is 0 Å².